The highest BCUT2D eigenvalue weighted by Crippen LogP contribution is 2.20. The van der Waals surface area contributed by atoms with Crippen LogP contribution in [-0.2, 0) is 11.2 Å². The third kappa shape index (κ3) is 4.81. The maximum atomic E-state index is 12.2. The van der Waals surface area contributed by atoms with Gasteiger partial charge in [0.2, 0.25) is 0 Å². The summed E-state index contributed by atoms with van der Waals surface area (Å²) in [5.74, 6) is -1.15. The molecule has 2 N–H and O–H groups in total. The summed E-state index contributed by atoms with van der Waals surface area (Å²) >= 11 is 3.35. The van der Waals surface area contributed by atoms with Gasteiger partial charge in [0.05, 0.1) is 18.2 Å². The zero-order chi connectivity index (χ0) is 21.0. The number of nitrogens with zero attached hydrogens (tertiary/aromatic N) is 2. The molecule has 0 atom stereocenters. The number of carboxylic acids is 1. The Morgan fingerprint density at radius 3 is 2.48 bits per heavy atom. The third-order valence-corrected chi connectivity index (χ3v) is 5.20. The van der Waals surface area contributed by atoms with Gasteiger partial charge in [0.15, 0.2) is 0 Å². The van der Waals surface area contributed by atoms with E-state index >= 15 is 0 Å². The Morgan fingerprint density at radius 1 is 1.14 bits per heavy atom. The molecule has 0 aliphatic carbocycles. The van der Waals surface area contributed by atoms with Crippen LogP contribution in [0.1, 0.15) is 32.9 Å². The van der Waals surface area contributed by atoms with E-state index < -0.39 is 5.97 Å². The van der Waals surface area contributed by atoms with Gasteiger partial charge in [-0.05, 0) is 65.7 Å². The lowest BCUT2D eigenvalue weighted by Gasteiger charge is -2.10. The van der Waals surface area contributed by atoms with Crippen LogP contribution in [0.25, 0.3) is 5.69 Å². The predicted octanol–water partition coefficient (Wildman–Crippen LogP) is 4.25. The molecular weight excluding hydrogens is 434 g/mol. The van der Waals surface area contributed by atoms with E-state index in [0.29, 0.717) is 10.0 Å². The Balaban J connectivity index is 1.77. The molecule has 1 aromatic heterocycles. The molecule has 0 saturated heterocycles. The van der Waals surface area contributed by atoms with Gasteiger partial charge in [-0.15, -0.1) is 0 Å². The second-order valence-electron chi connectivity index (χ2n) is 6.58. The van der Waals surface area contributed by atoms with Crippen molar-refractivity contribution in [3.8, 4) is 5.69 Å². The molecule has 7 heteroatoms. The van der Waals surface area contributed by atoms with Gasteiger partial charge in [0.1, 0.15) is 0 Å². The van der Waals surface area contributed by atoms with E-state index in [4.69, 9.17) is 5.11 Å². The van der Waals surface area contributed by atoms with Gasteiger partial charge in [-0.25, -0.2) is 5.43 Å². The van der Waals surface area contributed by atoms with E-state index in [-0.39, 0.29) is 12.3 Å². The van der Waals surface area contributed by atoms with Crippen LogP contribution in [0.15, 0.2) is 64.2 Å². The highest BCUT2D eigenvalue weighted by molar-refractivity contribution is 9.10. The zero-order valence-electron chi connectivity index (χ0n) is 16.0. The van der Waals surface area contributed by atoms with Gasteiger partial charge in [-0.1, -0.05) is 24.3 Å². The first-order valence-corrected chi connectivity index (χ1v) is 9.74. The van der Waals surface area contributed by atoms with E-state index in [0.717, 1.165) is 28.2 Å². The lowest BCUT2D eigenvalue weighted by molar-refractivity contribution is -0.136. The van der Waals surface area contributed by atoms with Gasteiger partial charge in [-0.3, -0.25) is 9.59 Å². The summed E-state index contributed by atoms with van der Waals surface area (Å²) < 4.78 is 2.76. The molecule has 29 heavy (non-hydrogen) atoms. The number of aromatic nitrogens is 1. The van der Waals surface area contributed by atoms with E-state index in [1.807, 2.05) is 50.2 Å². The minimum atomic E-state index is -0.853. The summed E-state index contributed by atoms with van der Waals surface area (Å²) in [6, 6.07) is 16.5. The number of hydrogen-bond donors (Lipinski definition) is 2. The minimum Gasteiger partial charge on any atom is -0.481 e. The zero-order valence-corrected chi connectivity index (χ0v) is 17.6. The monoisotopic (exact) mass is 453 g/mol. The number of benzene rings is 2. The first kappa shape index (κ1) is 20.5. The number of carbonyl (C=O) groups excluding carboxylic acids is 1. The van der Waals surface area contributed by atoms with Crippen molar-refractivity contribution in [2.75, 3.05) is 0 Å². The van der Waals surface area contributed by atoms with Crippen molar-refractivity contribution >= 4 is 34.0 Å². The van der Waals surface area contributed by atoms with Crippen LogP contribution in [0.4, 0.5) is 0 Å². The van der Waals surface area contributed by atoms with Gasteiger partial charge in [0.25, 0.3) is 5.91 Å². The molecule has 0 saturated carbocycles. The second kappa shape index (κ2) is 8.87. The van der Waals surface area contributed by atoms with Crippen LogP contribution in [0.2, 0.25) is 0 Å². The number of hydrogen-bond acceptors (Lipinski definition) is 3. The SMILES string of the molecule is Cc1cc(/C=N/NC(=O)c2ccccc2Br)c(C)n1-c1ccc(CC(=O)O)cc1. The highest BCUT2D eigenvalue weighted by atomic mass is 79.9. The summed E-state index contributed by atoms with van der Waals surface area (Å²) in [6.07, 6.45) is 1.62. The molecule has 3 aromatic rings. The molecule has 1 heterocycles. The molecule has 0 unspecified atom stereocenters. The minimum absolute atomic E-state index is 0.000935. The number of aryl methyl sites for hydroxylation is 1. The van der Waals surface area contributed by atoms with Gasteiger partial charge >= 0.3 is 5.97 Å². The van der Waals surface area contributed by atoms with E-state index in [1.165, 1.54) is 0 Å². The molecule has 1 amide bonds. The molecule has 0 bridgehead atoms. The molecule has 3 rings (SSSR count). The van der Waals surface area contributed by atoms with Crippen molar-refractivity contribution in [1.29, 1.82) is 0 Å². The first-order chi connectivity index (χ1) is 13.9. The Labute approximate surface area is 177 Å². The Kier molecular flexibility index (Phi) is 6.29. The fraction of sp³-hybridized carbons (Fsp3) is 0.136. The fourth-order valence-electron chi connectivity index (χ4n) is 3.12. The first-order valence-electron chi connectivity index (χ1n) is 8.95. The lowest BCUT2D eigenvalue weighted by Crippen LogP contribution is -2.18. The molecule has 6 nitrogen and oxygen atoms in total. The largest absolute Gasteiger partial charge is 0.481 e. The van der Waals surface area contributed by atoms with Crippen molar-refractivity contribution in [2.24, 2.45) is 5.10 Å². The number of rotatable bonds is 6. The fourth-order valence-corrected chi connectivity index (χ4v) is 3.58. The van der Waals surface area contributed by atoms with Crippen LogP contribution in [0, 0.1) is 13.8 Å². The standard InChI is InChI=1S/C22H20BrN3O3/c1-14-11-17(13-24-25-22(29)19-5-3-4-6-20(19)23)15(2)26(14)18-9-7-16(8-10-18)12-21(27)28/h3-11,13H,12H2,1-2H3,(H,25,29)(H,27,28)/b24-13+. The lowest BCUT2D eigenvalue weighted by atomic mass is 10.1. The molecule has 0 spiro atoms. The summed E-state index contributed by atoms with van der Waals surface area (Å²) in [4.78, 5) is 23.1. The molecular formula is C22H20BrN3O3. The van der Waals surface area contributed by atoms with Crippen LogP contribution in [0.3, 0.4) is 0 Å². The van der Waals surface area contributed by atoms with Crippen LogP contribution >= 0.6 is 15.9 Å². The maximum absolute atomic E-state index is 12.2. The van der Waals surface area contributed by atoms with Gasteiger partial charge < -0.3 is 9.67 Å². The summed E-state index contributed by atoms with van der Waals surface area (Å²) in [7, 11) is 0. The summed E-state index contributed by atoms with van der Waals surface area (Å²) in [6.45, 7) is 3.95. The van der Waals surface area contributed by atoms with Gasteiger partial charge in [-0.2, -0.15) is 5.10 Å². The average Bonchev–Trinajstić information content (AvgIpc) is 2.96. The van der Waals surface area contributed by atoms with E-state index in [1.54, 1.807) is 24.4 Å². The van der Waals surface area contributed by atoms with E-state index in [9.17, 15) is 9.59 Å². The van der Waals surface area contributed by atoms with E-state index in [2.05, 4.69) is 31.0 Å². The highest BCUT2D eigenvalue weighted by Gasteiger charge is 2.11. The number of halogens is 1. The smallest absolute Gasteiger partial charge is 0.307 e. The molecule has 0 aliphatic heterocycles. The second-order valence-corrected chi connectivity index (χ2v) is 7.43. The Hall–Kier alpha value is -3.19. The number of amides is 1. The topological polar surface area (TPSA) is 83.7 Å². The van der Waals surface area contributed by atoms with Crippen molar-refractivity contribution < 1.29 is 14.7 Å². The number of carboxylic acid groups (broad SMARTS) is 1. The molecule has 0 aliphatic rings. The number of aliphatic carboxylic acids is 1. The molecule has 148 valence electrons. The van der Waals surface area contributed by atoms with Crippen LogP contribution in [0.5, 0.6) is 0 Å². The van der Waals surface area contributed by atoms with Crippen molar-refractivity contribution in [3.05, 3.63) is 87.1 Å². The summed E-state index contributed by atoms with van der Waals surface area (Å²) in [5, 5.41) is 13.0. The van der Waals surface area contributed by atoms with Crippen molar-refractivity contribution in [2.45, 2.75) is 20.3 Å². The quantitative estimate of drug-likeness (QED) is 0.432. The average molecular weight is 454 g/mol. The Morgan fingerprint density at radius 2 is 1.83 bits per heavy atom. The van der Waals surface area contributed by atoms with Crippen molar-refractivity contribution in [1.82, 2.24) is 9.99 Å². The van der Waals surface area contributed by atoms with Gasteiger partial charge in [0, 0.05) is 27.1 Å². The third-order valence-electron chi connectivity index (χ3n) is 4.51. The van der Waals surface area contributed by atoms with Crippen LogP contribution in [-0.4, -0.2) is 27.8 Å². The molecule has 2 aromatic carbocycles. The molecule has 0 radical (unpaired) electrons. The molecule has 0 fully saturated rings. The number of hydrazone groups is 1. The normalized spacial score (nSPS) is 11.0. The predicted molar refractivity (Wildman–Crippen MR) is 116 cm³/mol. The van der Waals surface area contributed by atoms with Crippen LogP contribution < -0.4 is 5.43 Å². The summed E-state index contributed by atoms with van der Waals surface area (Å²) in [5.41, 5.74) is 7.59. The maximum Gasteiger partial charge on any atom is 0.307 e. The number of carbonyl (C=O) groups is 2. The Bertz CT molecular complexity index is 1090. The number of nitrogens with one attached hydrogen (secondary N) is 1. The van der Waals surface area contributed by atoms with Crippen molar-refractivity contribution in [3.63, 3.8) is 0 Å².